The maximum atomic E-state index is 11.9. The summed E-state index contributed by atoms with van der Waals surface area (Å²) in [6.45, 7) is 2.13. The zero-order chi connectivity index (χ0) is 13.8. The lowest BCUT2D eigenvalue weighted by Gasteiger charge is -2.10. The number of furan rings is 1. The maximum Gasteiger partial charge on any atom is 0.254 e. The Labute approximate surface area is 111 Å². The topological polar surface area (TPSA) is 77.5 Å². The smallest absolute Gasteiger partial charge is 0.254 e. The maximum absolute atomic E-state index is 11.9. The lowest BCUT2D eigenvalue weighted by atomic mass is 10.1. The van der Waals surface area contributed by atoms with Crippen LogP contribution in [0, 0.1) is 6.92 Å². The van der Waals surface area contributed by atoms with E-state index in [1.807, 2.05) is 0 Å². The quantitative estimate of drug-likeness (QED) is 0.825. The van der Waals surface area contributed by atoms with Crippen LogP contribution in [-0.2, 0) is 6.54 Å². The number of hydrogen-bond donors (Lipinski definition) is 2. The van der Waals surface area contributed by atoms with Crippen molar-refractivity contribution in [1.29, 1.82) is 0 Å². The summed E-state index contributed by atoms with van der Waals surface area (Å²) in [5.41, 5.74) is 7.68. The molecule has 0 unspecified atom stereocenters. The molecule has 100 valence electrons. The second-order valence-electron chi connectivity index (χ2n) is 4.20. The van der Waals surface area contributed by atoms with E-state index in [2.05, 4.69) is 5.32 Å². The van der Waals surface area contributed by atoms with Gasteiger partial charge in [0, 0.05) is 17.8 Å². The molecule has 0 spiro atoms. The second kappa shape index (κ2) is 5.48. The van der Waals surface area contributed by atoms with Crippen LogP contribution < -0.4 is 15.8 Å². The van der Waals surface area contributed by atoms with E-state index in [0.29, 0.717) is 29.3 Å². The Balaban J connectivity index is 2.06. The van der Waals surface area contributed by atoms with Crippen molar-refractivity contribution in [2.75, 3.05) is 12.8 Å². The molecule has 1 heterocycles. The largest absolute Gasteiger partial charge is 0.496 e. The lowest BCUT2D eigenvalue weighted by Crippen LogP contribution is -2.22. The van der Waals surface area contributed by atoms with Crippen LogP contribution in [0.5, 0.6) is 5.75 Å². The third-order valence-corrected chi connectivity index (χ3v) is 2.74. The van der Waals surface area contributed by atoms with Crippen LogP contribution >= 0.6 is 0 Å². The average Bonchev–Trinajstić information content (AvgIpc) is 2.83. The molecule has 0 atom stereocenters. The SMILES string of the molecule is COc1ccc(N)cc1CNC(=O)c1coc(C)c1. The molecule has 0 aliphatic heterocycles. The minimum atomic E-state index is -0.193. The molecule has 0 aliphatic rings. The number of carbonyl (C=O) groups excluding carboxylic acids is 1. The van der Waals surface area contributed by atoms with Gasteiger partial charge in [0.1, 0.15) is 17.8 Å². The molecule has 0 fully saturated rings. The van der Waals surface area contributed by atoms with Crippen LogP contribution in [0.2, 0.25) is 0 Å². The fourth-order valence-electron chi connectivity index (χ4n) is 1.78. The normalized spacial score (nSPS) is 10.2. The van der Waals surface area contributed by atoms with Crippen molar-refractivity contribution in [3.05, 3.63) is 47.4 Å². The summed E-state index contributed by atoms with van der Waals surface area (Å²) in [6.07, 6.45) is 1.43. The summed E-state index contributed by atoms with van der Waals surface area (Å²) >= 11 is 0. The molecule has 19 heavy (non-hydrogen) atoms. The number of nitrogens with one attached hydrogen (secondary N) is 1. The molecule has 0 aliphatic carbocycles. The molecule has 2 aromatic rings. The van der Waals surface area contributed by atoms with Crippen molar-refractivity contribution in [3.8, 4) is 5.75 Å². The van der Waals surface area contributed by atoms with Crippen molar-refractivity contribution in [2.45, 2.75) is 13.5 Å². The van der Waals surface area contributed by atoms with Gasteiger partial charge in [0.05, 0.1) is 12.7 Å². The summed E-state index contributed by atoms with van der Waals surface area (Å²) < 4.78 is 10.3. The van der Waals surface area contributed by atoms with E-state index in [1.165, 1.54) is 6.26 Å². The van der Waals surface area contributed by atoms with Crippen LogP contribution in [0.4, 0.5) is 5.69 Å². The minimum absolute atomic E-state index is 0.193. The van der Waals surface area contributed by atoms with E-state index in [4.69, 9.17) is 14.9 Å². The first-order valence-electron chi connectivity index (χ1n) is 5.86. The standard InChI is InChI=1S/C14H16N2O3/c1-9-5-11(8-19-9)14(17)16-7-10-6-12(15)3-4-13(10)18-2/h3-6,8H,7,15H2,1-2H3,(H,16,17). The molecule has 1 aromatic heterocycles. The zero-order valence-electron chi connectivity index (χ0n) is 10.9. The Kier molecular flexibility index (Phi) is 3.75. The molecule has 2 rings (SSSR count). The van der Waals surface area contributed by atoms with Gasteiger partial charge in [-0.05, 0) is 31.2 Å². The van der Waals surface area contributed by atoms with E-state index in [1.54, 1.807) is 38.3 Å². The molecular weight excluding hydrogens is 244 g/mol. The molecule has 1 amide bonds. The molecule has 3 N–H and O–H groups in total. The third-order valence-electron chi connectivity index (χ3n) is 2.74. The third kappa shape index (κ3) is 3.07. The highest BCUT2D eigenvalue weighted by Crippen LogP contribution is 2.20. The average molecular weight is 260 g/mol. The van der Waals surface area contributed by atoms with Gasteiger partial charge in [-0.25, -0.2) is 0 Å². The molecule has 0 bridgehead atoms. The summed E-state index contributed by atoms with van der Waals surface area (Å²) in [4.78, 5) is 11.9. The fourth-order valence-corrected chi connectivity index (χ4v) is 1.78. The molecule has 0 radical (unpaired) electrons. The van der Waals surface area contributed by atoms with Crippen LogP contribution in [0.3, 0.4) is 0 Å². The van der Waals surface area contributed by atoms with Gasteiger partial charge in [0.15, 0.2) is 0 Å². The van der Waals surface area contributed by atoms with E-state index < -0.39 is 0 Å². The number of methoxy groups -OCH3 is 1. The number of amides is 1. The van der Waals surface area contributed by atoms with Gasteiger partial charge in [-0.1, -0.05) is 0 Å². The number of anilines is 1. The van der Waals surface area contributed by atoms with Crippen LogP contribution in [0.1, 0.15) is 21.7 Å². The van der Waals surface area contributed by atoms with Crippen LogP contribution in [-0.4, -0.2) is 13.0 Å². The van der Waals surface area contributed by atoms with Crippen LogP contribution in [0.15, 0.2) is 34.9 Å². The molecular formula is C14H16N2O3. The Morgan fingerprint density at radius 3 is 2.84 bits per heavy atom. The van der Waals surface area contributed by atoms with E-state index in [9.17, 15) is 4.79 Å². The van der Waals surface area contributed by atoms with Crippen molar-refractivity contribution < 1.29 is 13.9 Å². The number of rotatable bonds is 4. The number of nitrogen functional groups attached to an aromatic ring is 1. The number of nitrogens with two attached hydrogens (primary N) is 1. The highest BCUT2D eigenvalue weighted by Gasteiger charge is 2.10. The monoisotopic (exact) mass is 260 g/mol. The first kappa shape index (κ1) is 13.0. The second-order valence-corrected chi connectivity index (χ2v) is 4.20. The Morgan fingerprint density at radius 2 is 2.21 bits per heavy atom. The number of carbonyl (C=O) groups is 1. The number of benzene rings is 1. The number of ether oxygens (including phenoxy) is 1. The van der Waals surface area contributed by atoms with Crippen molar-refractivity contribution >= 4 is 11.6 Å². The molecule has 1 aromatic carbocycles. The van der Waals surface area contributed by atoms with E-state index in [-0.39, 0.29) is 5.91 Å². The molecule has 0 saturated heterocycles. The van der Waals surface area contributed by atoms with Gasteiger partial charge in [-0.3, -0.25) is 4.79 Å². The molecule has 5 heteroatoms. The lowest BCUT2D eigenvalue weighted by molar-refractivity contribution is 0.0950. The van der Waals surface area contributed by atoms with Gasteiger partial charge in [0.25, 0.3) is 5.91 Å². The van der Waals surface area contributed by atoms with Gasteiger partial charge in [-0.2, -0.15) is 0 Å². The first-order valence-corrected chi connectivity index (χ1v) is 5.86. The van der Waals surface area contributed by atoms with Crippen molar-refractivity contribution in [1.82, 2.24) is 5.32 Å². The highest BCUT2D eigenvalue weighted by atomic mass is 16.5. The highest BCUT2D eigenvalue weighted by molar-refractivity contribution is 5.93. The fraction of sp³-hybridized carbons (Fsp3) is 0.214. The minimum Gasteiger partial charge on any atom is -0.496 e. The number of hydrogen-bond acceptors (Lipinski definition) is 4. The number of aryl methyl sites for hydroxylation is 1. The van der Waals surface area contributed by atoms with Gasteiger partial charge < -0.3 is 20.2 Å². The Bertz CT molecular complexity index is 590. The van der Waals surface area contributed by atoms with Crippen LogP contribution in [0.25, 0.3) is 0 Å². The zero-order valence-corrected chi connectivity index (χ0v) is 10.9. The summed E-state index contributed by atoms with van der Waals surface area (Å²) in [6, 6.07) is 6.99. The van der Waals surface area contributed by atoms with E-state index >= 15 is 0 Å². The van der Waals surface area contributed by atoms with E-state index in [0.717, 1.165) is 5.56 Å². The Morgan fingerprint density at radius 1 is 1.42 bits per heavy atom. The summed E-state index contributed by atoms with van der Waals surface area (Å²) in [5, 5.41) is 2.80. The summed E-state index contributed by atoms with van der Waals surface area (Å²) in [7, 11) is 1.58. The Hall–Kier alpha value is -2.43. The predicted octanol–water partition coefficient (Wildman–Crippen LogP) is 2.11. The molecule has 0 saturated carbocycles. The predicted molar refractivity (Wildman–Crippen MR) is 72.0 cm³/mol. The van der Waals surface area contributed by atoms with Crippen molar-refractivity contribution in [2.24, 2.45) is 0 Å². The first-order chi connectivity index (χ1) is 9.10. The van der Waals surface area contributed by atoms with Gasteiger partial charge in [-0.15, -0.1) is 0 Å². The van der Waals surface area contributed by atoms with Crippen molar-refractivity contribution in [3.63, 3.8) is 0 Å². The summed E-state index contributed by atoms with van der Waals surface area (Å²) in [5.74, 6) is 1.20. The molecule has 5 nitrogen and oxygen atoms in total. The van der Waals surface area contributed by atoms with Gasteiger partial charge >= 0.3 is 0 Å². The van der Waals surface area contributed by atoms with Gasteiger partial charge in [0.2, 0.25) is 0 Å².